The molecule has 0 atom stereocenters. The number of rotatable bonds is 6. The standard InChI is InChI=1S/C10H15N3O2S2/c1-6-4-7(9(12)15)10(17-6)13-8(14)5-16-3-2-11/h4H,2-3,5,11H2,1H3,(H2,12,15)(H,13,14). The zero-order valence-corrected chi connectivity index (χ0v) is 11.1. The largest absolute Gasteiger partial charge is 0.366 e. The fourth-order valence-corrected chi connectivity index (χ4v) is 2.70. The van der Waals surface area contributed by atoms with Gasteiger partial charge in [-0.1, -0.05) is 0 Å². The van der Waals surface area contributed by atoms with Gasteiger partial charge in [-0.2, -0.15) is 11.8 Å². The average Bonchev–Trinajstić information content (AvgIpc) is 2.60. The zero-order valence-electron chi connectivity index (χ0n) is 9.49. The van der Waals surface area contributed by atoms with E-state index in [2.05, 4.69) is 5.32 Å². The number of carbonyl (C=O) groups is 2. The minimum atomic E-state index is -0.528. The molecule has 0 fully saturated rings. The van der Waals surface area contributed by atoms with Gasteiger partial charge < -0.3 is 16.8 Å². The highest BCUT2D eigenvalue weighted by atomic mass is 32.2. The van der Waals surface area contributed by atoms with Gasteiger partial charge in [0.1, 0.15) is 5.00 Å². The molecule has 0 unspecified atom stereocenters. The Morgan fingerprint density at radius 1 is 1.53 bits per heavy atom. The van der Waals surface area contributed by atoms with Gasteiger partial charge in [-0.15, -0.1) is 11.3 Å². The Labute approximate surface area is 108 Å². The van der Waals surface area contributed by atoms with Crippen molar-refractivity contribution in [1.29, 1.82) is 0 Å². The monoisotopic (exact) mass is 273 g/mol. The molecule has 0 aliphatic heterocycles. The topological polar surface area (TPSA) is 98.2 Å². The minimum Gasteiger partial charge on any atom is -0.366 e. The van der Waals surface area contributed by atoms with E-state index < -0.39 is 5.91 Å². The van der Waals surface area contributed by atoms with E-state index in [0.717, 1.165) is 10.6 Å². The molecule has 1 aromatic heterocycles. The van der Waals surface area contributed by atoms with Crippen LogP contribution in [0.1, 0.15) is 15.2 Å². The fourth-order valence-electron chi connectivity index (χ4n) is 1.20. The second-order valence-corrected chi connectivity index (χ2v) is 5.72. The molecule has 0 radical (unpaired) electrons. The Morgan fingerprint density at radius 3 is 2.82 bits per heavy atom. The lowest BCUT2D eigenvalue weighted by Crippen LogP contribution is -2.18. The van der Waals surface area contributed by atoms with Crippen LogP contribution in [0.2, 0.25) is 0 Å². The first-order valence-electron chi connectivity index (χ1n) is 5.02. The highest BCUT2D eigenvalue weighted by Gasteiger charge is 2.14. The number of nitrogens with two attached hydrogens (primary N) is 2. The maximum atomic E-state index is 11.6. The normalized spacial score (nSPS) is 10.2. The molecule has 94 valence electrons. The summed E-state index contributed by atoms with van der Waals surface area (Å²) in [6, 6.07) is 1.68. The molecule has 0 saturated heterocycles. The predicted octanol–water partition coefficient (Wildman–Crippen LogP) is 0.786. The Bertz CT molecular complexity index is 418. The van der Waals surface area contributed by atoms with Crippen molar-refractivity contribution in [2.45, 2.75) is 6.92 Å². The number of aryl methyl sites for hydroxylation is 1. The second kappa shape index (κ2) is 6.63. The van der Waals surface area contributed by atoms with Crippen molar-refractivity contribution in [3.8, 4) is 0 Å². The Morgan fingerprint density at radius 2 is 2.24 bits per heavy atom. The molecule has 5 N–H and O–H groups in total. The Hall–Kier alpha value is -1.05. The number of thiophene rings is 1. The molecule has 1 rings (SSSR count). The van der Waals surface area contributed by atoms with Gasteiger partial charge in [-0.25, -0.2) is 0 Å². The van der Waals surface area contributed by atoms with E-state index in [1.54, 1.807) is 6.07 Å². The van der Waals surface area contributed by atoms with Crippen molar-refractivity contribution >= 4 is 39.9 Å². The Kier molecular flexibility index (Phi) is 5.46. The van der Waals surface area contributed by atoms with Crippen LogP contribution in [0.4, 0.5) is 5.00 Å². The number of nitrogens with one attached hydrogen (secondary N) is 1. The molecule has 7 heteroatoms. The van der Waals surface area contributed by atoms with Gasteiger partial charge in [0, 0.05) is 17.2 Å². The molecule has 1 heterocycles. The van der Waals surface area contributed by atoms with Crippen molar-refractivity contribution in [3.05, 3.63) is 16.5 Å². The van der Waals surface area contributed by atoms with Crippen LogP contribution in [-0.2, 0) is 4.79 Å². The van der Waals surface area contributed by atoms with Crippen LogP contribution < -0.4 is 16.8 Å². The number of carbonyl (C=O) groups excluding carboxylic acids is 2. The van der Waals surface area contributed by atoms with Crippen molar-refractivity contribution in [3.63, 3.8) is 0 Å². The zero-order chi connectivity index (χ0) is 12.8. The van der Waals surface area contributed by atoms with Gasteiger partial charge in [0.15, 0.2) is 0 Å². The molecule has 2 amide bonds. The van der Waals surface area contributed by atoms with Gasteiger partial charge in [0.25, 0.3) is 5.91 Å². The third-order valence-electron chi connectivity index (χ3n) is 1.87. The molecule has 0 bridgehead atoms. The van der Waals surface area contributed by atoms with E-state index in [0.29, 0.717) is 22.9 Å². The SMILES string of the molecule is Cc1cc(C(N)=O)c(NC(=O)CSCCN)s1. The lowest BCUT2D eigenvalue weighted by Gasteiger charge is -2.03. The number of hydrogen-bond acceptors (Lipinski definition) is 5. The van der Waals surface area contributed by atoms with E-state index in [1.807, 2.05) is 6.92 Å². The van der Waals surface area contributed by atoms with Crippen LogP contribution >= 0.6 is 23.1 Å². The summed E-state index contributed by atoms with van der Waals surface area (Å²) in [5.74, 6) is 0.387. The van der Waals surface area contributed by atoms with Crippen LogP contribution in [-0.4, -0.2) is 29.9 Å². The second-order valence-electron chi connectivity index (χ2n) is 3.35. The van der Waals surface area contributed by atoms with E-state index in [1.165, 1.54) is 23.1 Å². The molecular formula is C10H15N3O2S2. The third kappa shape index (κ3) is 4.37. The van der Waals surface area contributed by atoms with Crippen molar-refractivity contribution in [1.82, 2.24) is 0 Å². The van der Waals surface area contributed by atoms with Crippen molar-refractivity contribution in [2.24, 2.45) is 11.5 Å². The molecule has 0 aliphatic rings. The van der Waals surface area contributed by atoms with Gasteiger partial charge in [0.2, 0.25) is 5.91 Å². The molecule has 1 aromatic rings. The number of primary amides is 1. The highest BCUT2D eigenvalue weighted by molar-refractivity contribution is 7.99. The highest BCUT2D eigenvalue weighted by Crippen LogP contribution is 2.27. The first kappa shape index (κ1) is 14.0. The summed E-state index contributed by atoms with van der Waals surface area (Å²) in [5, 5.41) is 3.21. The molecule has 0 spiro atoms. The minimum absolute atomic E-state index is 0.146. The van der Waals surface area contributed by atoms with Crippen LogP contribution in [0, 0.1) is 6.92 Å². The van der Waals surface area contributed by atoms with Gasteiger partial charge in [-0.05, 0) is 13.0 Å². The maximum absolute atomic E-state index is 11.6. The third-order valence-corrected chi connectivity index (χ3v) is 3.83. The first-order valence-corrected chi connectivity index (χ1v) is 6.99. The van der Waals surface area contributed by atoms with Crippen LogP contribution in [0.15, 0.2) is 6.07 Å². The summed E-state index contributed by atoms with van der Waals surface area (Å²) in [5.41, 5.74) is 10.9. The number of anilines is 1. The van der Waals surface area contributed by atoms with E-state index in [9.17, 15) is 9.59 Å². The molecular weight excluding hydrogens is 258 g/mol. The lowest BCUT2D eigenvalue weighted by atomic mass is 10.3. The van der Waals surface area contributed by atoms with E-state index in [-0.39, 0.29) is 5.91 Å². The van der Waals surface area contributed by atoms with Crippen molar-refractivity contribution in [2.75, 3.05) is 23.4 Å². The molecule has 17 heavy (non-hydrogen) atoms. The average molecular weight is 273 g/mol. The molecule has 0 saturated carbocycles. The summed E-state index contributed by atoms with van der Waals surface area (Å²) >= 11 is 2.80. The summed E-state index contributed by atoms with van der Waals surface area (Å²) in [6.07, 6.45) is 0. The smallest absolute Gasteiger partial charge is 0.251 e. The summed E-state index contributed by atoms with van der Waals surface area (Å²) in [6.45, 7) is 2.40. The quantitative estimate of drug-likeness (QED) is 0.667. The fraction of sp³-hybridized carbons (Fsp3) is 0.400. The van der Waals surface area contributed by atoms with Gasteiger partial charge in [0.05, 0.1) is 11.3 Å². The molecule has 0 aliphatic carbocycles. The van der Waals surface area contributed by atoms with Crippen LogP contribution in [0.3, 0.4) is 0 Å². The first-order chi connectivity index (χ1) is 8.04. The maximum Gasteiger partial charge on any atom is 0.251 e. The van der Waals surface area contributed by atoms with Gasteiger partial charge in [-0.3, -0.25) is 9.59 Å². The summed E-state index contributed by atoms with van der Waals surface area (Å²) in [4.78, 5) is 23.6. The van der Waals surface area contributed by atoms with Crippen molar-refractivity contribution < 1.29 is 9.59 Å². The summed E-state index contributed by atoms with van der Waals surface area (Å²) in [7, 11) is 0. The van der Waals surface area contributed by atoms with E-state index in [4.69, 9.17) is 11.5 Å². The predicted molar refractivity (Wildman–Crippen MR) is 72.6 cm³/mol. The molecule has 5 nitrogen and oxygen atoms in total. The van der Waals surface area contributed by atoms with Crippen LogP contribution in [0.25, 0.3) is 0 Å². The van der Waals surface area contributed by atoms with E-state index >= 15 is 0 Å². The molecule has 0 aromatic carbocycles. The number of thioether (sulfide) groups is 1. The summed E-state index contributed by atoms with van der Waals surface area (Å²) < 4.78 is 0. The number of hydrogen-bond donors (Lipinski definition) is 3. The number of amides is 2. The lowest BCUT2D eigenvalue weighted by molar-refractivity contribution is -0.113. The van der Waals surface area contributed by atoms with Gasteiger partial charge >= 0.3 is 0 Å². The van der Waals surface area contributed by atoms with Crippen LogP contribution in [0.5, 0.6) is 0 Å². The Balaban J connectivity index is 2.61.